The van der Waals surface area contributed by atoms with Crippen LogP contribution >= 0.6 is 0 Å². The molecule has 4 aliphatic heterocycles. The molecule has 1 saturated carbocycles. The van der Waals surface area contributed by atoms with E-state index in [0.29, 0.717) is 12.3 Å². The van der Waals surface area contributed by atoms with Gasteiger partial charge in [-0.3, -0.25) is 19.2 Å². The molecule has 35 heavy (non-hydrogen) atoms. The lowest BCUT2D eigenvalue weighted by Crippen LogP contribution is -2.75. The molecule has 3 unspecified atom stereocenters. The zero-order chi connectivity index (χ0) is 25.5. The molecule has 2 bridgehead atoms. The lowest BCUT2D eigenvalue weighted by Gasteiger charge is -2.61. The molecule has 5 aliphatic rings. The first-order valence-corrected chi connectivity index (χ1v) is 12.6. The number of fused-ring (bicyclic) bond motifs is 2. The minimum absolute atomic E-state index is 0.0500. The van der Waals surface area contributed by atoms with Crippen LogP contribution < -0.4 is 5.73 Å². The van der Waals surface area contributed by atoms with Gasteiger partial charge in [-0.15, -0.1) is 0 Å². The van der Waals surface area contributed by atoms with Crippen LogP contribution in [0.5, 0.6) is 0 Å². The summed E-state index contributed by atoms with van der Waals surface area (Å²) in [6, 6.07) is 0. The number of carbonyl (C=O) groups excluding carboxylic acids is 4. The standard InChI is InChI=1S/C24H37N3O8/c1-5-32-20(30)13-26(12-18(25)28)19(29)9-11-27-21(31)15(3)17-7-6-14(2)16-8-10-23(4)33-22(27)24(16,17)35-34-23/h14-17,22H,5-13H2,1-4H3,(H2,25,28)/t14-,15+,16?,17?,22?,23-,24+/m0/s1. The van der Waals surface area contributed by atoms with Crippen molar-refractivity contribution in [2.24, 2.45) is 29.4 Å². The van der Waals surface area contributed by atoms with Crippen molar-refractivity contribution in [3.05, 3.63) is 0 Å². The first kappa shape index (κ1) is 25.8. The molecule has 1 spiro atoms. The van der Waals surface area contributed by atoms with Crippen LogP contribution in [-0.2, 0) is 38.4 Å². The van der Waals surface area contributed by atoms with Gasteiger partial charge >= 0.3 is 5.97 Å². The summed E-state index contributed by atoms with van der Waals surface area (Å²) in [5.41, 5.74) is 4.48. The van der Waals surface area contributed by atoms with Gasteiger partial charge in [0.2, 0.25) is 23.5 Å². The van der Waals surface area contributed by atoms with E-state index >= 15 is 0 Å². The summed E-state index contributed by atoms with van der Waals surface area (Å²) in [6.45, 7) is 6.99. The number of esters is 1. The normalized spacial score (nSPS) is 37.9. The molecule has 2 N–H and O–H groups in total. The van der Waals surface area contributed by atoms with Crippen LogP contribution in [0.2, 0.25) is 0 Å². The quantitative estimate of drug-likeness (QED) is 0.388. The summed E-state index contributed by atoms with van der Waals surface area (Å²) in [4.78, 5) is 64.7. The molecule has 0 aromatic carbocycles. The number of likely N-dealkylation sites (tertiary alicyclic amines) is 1. The van der Waals surface area contributed by atoms with Crippen LogP contribution in [0, 0.1) is 23.7 Å². The van der Waals surface area contributed by atoms with Crippen molar-refractivity contribution in [3.8, 4) is 0 Å². The second-order valence-corrected chi connectivity index (χ2v) is 10.5. The molecule has 4 heterocycles. The number of primary amides is 1. The van der Waals surface area contributed by atoms with Gasteiger partial charge in [-0.05, 0) is 44.9 Å². The highest BCUT2D eigenvalue weighted by molar-refractivity contribution is 5.87. The molecule has 7 atom stereocenters. The van der Waals surface area contributed by atoms with Gasteiger partial charge in [0.05, 0.1) is 13.2 Å². The van der Waals surface area contributed by atoms with Gasteiger partial charge in [-0.2, -0.15) is 0 Å². The van der Waals surface area contributed by atoms with E-state index in [9.17, 15) is 19.2 Å². The maximum absolute atomic E-state index is 13.6. The number of hydrogen-bond acceptors (Lipinski definition) is 8. The number of nitrogens with zero attached hydrogens (tertiary/aromatic N) is 2. The molecule has 0 aromatic rings. The highest BCUT2D eigenvalue weighted by atomic mass is 17.3. The second-order valence-electron chi connectivity index (χ2n) is 10.5. The van der Waals surface area contributed by atoms with Crippen molar-refractivity contribution in [1.82, 2.24) is 9.80 Å². The Morgan fingerprint density at radius 3 is 2.57 bits per heavy atom. The third kappa shape index (κ3) is 4.53. The number of rotatable bonds is 8. The Kier molecular flexibility index (Phi) is 7.14. The minimum atomic E-state index is -0.984. The van der Waals surface area contributed by atoms with Crippen LogP contribution in [0.4, 0.5) is 0 Å². The number of amides is 3. The Hall–Kier alpha value is -2.24. The zero-order valence-electron chi connectivity index (χ0n) is 21.0. The molecular weight excluding hydrogens is 458 g/mol. The Balaban J connectivity index is 1.57. The summed E-state index contributed by atoms with van der Waals surface area (Å²) >= 11 is 0. The van der Waals surface area contributed by atoms with E-state index in [-0.39, 0.29) is 49.8 Å². The van der Waals surface area contributed by atoms with Crippen LogP contribution in [0.1, 0.15) is 59.8 Å². The summed E-state index contributed by atoms with van der Waals surface area (Å²) in [6.07, 6.45) is 2.56. The van der Waals surface area contributed by atoms with Gasteiger partial charge in [0.15, 0.2) is 11.8 Å². The first-order valence-electron chi connectivity index (χ1n) is 12.6. The second kappa shape index (κ2) is 9.67. The zero-order valence-corrected chi connectivity index (χ0v) is 21.0. The Labute approximate surface area is 205 Å². The molecule has 196 valence electrons. The number of piperidine rings is 1. The third-order valence-electron chi connectivity index (χ3n) is 8.25. The number of ether oxygens (including phenoxy) is 2. The van der Waals surface area contributed by atoms with Crippen LogP contribution in [-0.4, -0.2) is 77.3 Å². The van der Waals surface area contributed by atoms with Gasteiger partial charge in [-0.25, -0.2) is 9.78 Å². The molecule has 0 radical (unpaired) electrons. The molecule has 3 amide bonds. The van der Waals surface area contributed by atoms with E-state index in [4.69, 9.17) is 25.0 Å². The maximum atomic E-state index is 13.6. The number of carbonyl (C=O) groups is 4. The lowest BCUT2D eigenvalue weighted by molar-refractivity contribution is -0.547. The van der Waals surface area contributed by atoms with E-state index in [1.165, 1.54) is 0 Å². The fourth-order valence-electron chi connectivity index (χ4n) is 6.54. The minimum Gasteiger partial charge on any atom is -0.465 e. The van der Waals surface area contributed by atoms with Crippen molar-refractivity contribution < 1.29 is 38.4 Å². The summed E-state index contributed by atoms with van der Waals surface area (Å²) in [5.74, 6) is -2.78. The number of nitrogens with two attached hydrogens (primary N) is 1. The lowest BCUT2D eigenvalue weighted by atomic mass is 9.57. The Morgan fingerprint density at radius 2 is 1.89 bits per heavy atom. The Bertz CT molecular complexity index is 883. The third-order valence-corrected chi connectivity index (χ3v) is 8.25. The van der Waals surface area contributed by atoms with Crippen molar-refractivity contribution in [2.75, 3.05) is 26.2 Å². The molecule has 4 saturated heterocycles. The van der Waals surface area contributed by atoms with E-state index in [2.05, 4.69) is 6.92 Å². The van der Waals surface area contributed by atoms with E-state index in [1.54, 1.807) is 11.8 Å². The molecule has 11 heteroatoms. The van der Waals surface area contributed by atoms with Crippen LogP contribution in [0.15, 0.2) is 0 Å². The van der Waals surface area contributed by atoms with Gasteiger partial charge in [0, 0.05) is 31.2 Å². The van der Waals surface area contributed by atoms with Crippen molar-refractivity contribution >= 4 is 23.7 Å². The van der Waals surface area contributed by atoms with Gasteiger partial charge in [0.25, 0.3) is 0 Å². The van der Waals surface area contributed by atoms with Crippen molar-refractivity contribution in [1.29, 1.82) is 0 Å². The summed E-state index contributed by atoms with van der Waals surface area (Å²) in [5, 5.41) is 0. The average molecular weight is 496 g/mol. The monoisotopic (exact) mass is 495 g/mol. The highest BCUT2D eigenvalue weighted by Gasteiger charge is 2.70. The average Bonchev–Trinajstić information content (AvgIpc) is 3.03. The summed E-state index contributed by atoms with van der Waals surface area (Å²) in [7, 11) is 0. The molecule has 5 fully saturated rings. The molecule has 11 nitrogen and oxygen atoms in total. The summed E-state index contributed by atoms with van der Waals surface area (Å²) < 4.78 is 11.4. The van der Waals surface area contributed by atoms with E-state index in [1.807, 2.05) is 13.8 Å². The molecule has 0 aromatic heterocycles. The smallest absolute Gasteiger partial charge is 0.325 e. The molecule has 5 rings (SSSR count). The topological polar surface area (TPSA) is 138 Å². The molecular formula is C24H37N3O8. The largest absolute Gasteiger partial charge is 0.465 e. The maximum Gasteiger partial charge on any atom is 0.325 e. The van der Waals surface area contributed by atoms with Crippen LogP contribution in [0.3, 0.4) is 0 Å². The fraction of sp³-hybridized carbons (Fsp3) is 0.833. The van der Waals surface area contributed by atoms with Crippen molar-refractivity contribution in [2.45, 2.75) is 77.4 Å². The van der Waals surface area contributed by atoms with E-state index < -0.39 is 41.9 Å². The predicted molar refractivity (Wildman–Crippen MR) is 121 cm³/mol. The van der Waals surface area contributed by atoms with Gasteiger partial charge in [-0.1, -0.05) is 13.8 Å². The van der Waals surface area contributed by atoms with Crippen LogP contribution in [0.25, 0.3) is 0 Å². The molecule has 1 aliphatic carbocycles. The van der Waals surface area contributed by atoms with Crippen molar-refractivity contribution in [3.63, 3.8) is 0 Å². The van der Waals surface area contributed by atoms with E-state index in [0.717, 1.165) is 24.2 Å². The Morgan fingerprint density at radius 1 is 1.14 bits per heavy atom. The first-order chi connectivity index (χ1) is 16.5. The highest BCUT2D eigenvalue weighted by Crippen LogP contribution is 2.60. The SMILES string of the molecule is CCOC(=O)CN(CC(N)=O)C(=O)CCN1C(=O)[C@H](C)C2CC[C@H](C)C3CC[C@]4(C)OO[C@]32C1O4. The number of hydrogen-bond donors (Lipinski definition) is 1. The predicted octanol–water partition coefficient (Wildman–Crippen LogP) is 0.947. The van der Waals surface area contributed by atoms with Gasteiger partial charge < -0.3 is 25.0 Å². The van der Waals surface area contributed by atoms with Gasteiger partial charge in [0.1, 0.15) is 6.54 Å². The fourth-order valence-corrected chi connectivity index (χ4v) is 6.54.